The molecule has 1 aromatic heterocycles. The van der Waals surface area contributed by atoms with Crippen molar-refractivity contribution in [3.63, 3.8) is 0 Å². The van der Waals surface area contributed by atoms with Gasteiger partial charge in [-0.05, 0) is 12.8 Å². The fourth-order valence-corrected chi connectivity index (χ4v) is 2.19. The summed E-state index contributed by atoms with van der Waals surface area (Å²) < 4.78 is 1.93. The number of hydrogen-bond acceptors (Lipinski definition) is 5. The van der Waals surface area contributed by atoms with Gasteiger partial charge in [-0.25, -0.2) is 0 Å². The Bertz CT molecular complexity index is 391. The molecule has 0 spiro atoms. The summed E-state index contributed by atoms with van der Waals surface area (Å²) in [4.78, 5) is 11.6. The van der Waals surface area contributed by atoms with Crippen molar-refractivity contribution in [2.45, 2.75) is 32.5 Å². The molecular weight excluding hydrogens is 250 g/mol. The molecule has 0 aliphatic carbocycles. The number of nitrogens with two attached hydrogens (primary N) is 1. The topological polar surface area (TPSA) is 85.8 Å². The molecule has 6 nitrogen and oxygen atoms in total. The first-order valence-electron chi connectivity index (χ1n) is 6.04. The summed E-state index contributed by atoms with van der Waals surface area (Å²) in [7, 11) is 0. The minimum absolute atomic E-state index is 0.0219. The van der Waals surface area contributed by atoms with Crippen molar-refractivity contribution in [1.82, 2.24) is 20.1 Å². The molecule has 0 saturated carbocycles. The van der Waals surface area contributed by atoms with E-state index in [4.69, 9.17) is 5.73 Å². The Hall–Kier alpha value is -1.08. The largest absolute Gasteiger partial charge is 0.355 e. The van der Waals surface area contributed by atoms with E-state index >= 15 is 0 Å². The maximum atomic E-state index is 11.6. The van der Waals surface area contributed by atoms with E-state index in [0.717, 1.165) is 11.0 Å². The van der Waals surface area contributed by atoms with E-state index < -0.39 is 0 Å². The Kier molecular flexibility index (Phi) is 6.14. The highest BCUT2D eigenvalue weighted by molar-refractivity contribution is 7.99. The number of amides is 1. The first kappa shape index (κ1) is 15.0. The van der Waals surface area contributed by atoms with Crippen molar-refractivity contribution >= 4 is 17.7 Å². The van der Waals surface area contributed by atoms with Crippen LogP contribution in [0, 0.1) is 12.8 Å². The van der Waals surface area contributed by atoms with Crippen LogP contribution in [0.5, 0.6) is 0 Å². The molecule has 0 fully saturated rings. The van der Waals surface area contributed by atoms with Gasteiger partial charge in [0.1, 0.15) is 5.82 Å². The fraction of sp³-hybridized carbons (Fsp3) is 0.727. The zero-order valence-electron chi connectivity index (χ0n) is 11.1. The third kappa shape index (κ3) is 4.66. The Morgan fingerprint density at radius 1 is 1.50 bits per heavy atom. The van der Waals surface area contributed by atoms with Crippen molar-refractivity contribution < 1.29 is 4.79 Å². The third-order valence-corrected chi connectivity index (χ3v) is 3.26. The summed E-state index contributed by atoms with van der Waals surface area (Å²) in [6.07, 6.45) is 0. The number of carbonyl (C=O) groups excluding carboxylic acids is 1. The van der Waals surface area contributed by atoms with Crippen LogP contribution in [-0.4, -0.2) is 39.5 Å². The number of carbonyl (C=O) groups is 1. The van der Waals surface area contributed by atoms with Crippen LogP contribution in [0.3, 0.4) is 0 Å². The van der Waals surface area contributed by atoms with Crippen LogP contribution in [-0.2, 0) is 11.3 Å². The first-order chi connectivity index (χ1) is 8.54. The highest BCUT2D eigenvalue weighted by atomic mass is 32.2. The number of aromatic nitrogens is 3. The number of nitrogens with one attached hydrogen (secondary N) is 1. The minimum atomic E-state index is 0.0219. The smallest absolute Gasteiger partial charge is 0.230 e. The number of nitrogens with zero attached hydrogens (tertiary/aromatic N) is 3. The van der Waals surface area contributed by atoms with E-state index in [1.165, 1.54) is 11.8 Å². The number of rotatable bonds is 7. The predicted octanol–water partition coefficient (Wildman–Crippen LogP) is 0.410. The second-order valence-electron chi connectivity index (χ2n) is 4.46. The van der Waals surface area contributed by atoms with Crippen LogP contribution in [0.1, 0.15) is 19.7 Å². The van der Waals surface area contributed by atoms with Gasteiger partial charge in [-0.1, -0.05) is 25.6 Å². The lowest BCUT2D eigenvalue weighted by atomic mass is 10.2. The highest BCUT2D eigenvalue weighted by Gasteiger charge is 2.11. The van der Waals surface area contributed by atoms with Gasteiger partial charge in [-0.15, -0.1) is 10.2 Å². The molecule has 1 heterocycles. The Morgan fingerprint density at radius 3 is 2.83 bits per heavy atom. The minimum Gasteiger partial charge on any atom is -0.355 e. The molecule has 3 N–H and O–H groups in total. The Labute approximate surface area is 112 Å². The molecule has 0 bridgehead atoms. The van der Waals surface area contributed by atoms with Gasteiger partial charge < -0.3 is 15.6 Å². The highest BCUT2D eigenvalue weighted by Crippen LogP contribution is 2.16. The van der Waals surface area contributed by atoms with Crippen molar-refractivity contribution in [3.05, 3.63) is 5.82 Å². The molecular formula is C11H21N5OS. The molecule has 0 unspecified atom stereocenters. The summed E-state index contributed by atoms with van der Waals surface area (Å²) in [6.45, 7) is 7.92. The lowest BCUT2D eigenvalue weighted by Crippen LogP contribution is -2.28. The van der Waals surface area contributed by atoms with E-state index in [1.807, 2.05) is 11.5 Å². The van der Waals surface area contributed by atoms with E-state index in [1.54, 1.807) is 0 Å². The van der Waals surface area contributed by atoms with Crippen LogP contribution in [0.2, 0.25) is 0 Å². The summed E-state index contributed by atoms with van der Waals surface area (Å²) in [6, 6.07) is 0. The van der Waals surface area contributed by atoms with Gasteiger partial charge in [0.2, 0.25) is 5.91 Å². The van der Waals surface area contributed by atoms with E-state index in [9.17, 15) is 4.79 Å². The fourth-order valence-electron chi connectivity index (χ4n) is 1.35. The molecule has 1 aromatic rings. The van der Waals surface area contributed by atoms with Gasteiger partial charge in [-0.3, -0.25) is 4.79 Å². The quantitative estimate of drug-likeness (QED) is 0.702. The third-order valence-electron chi connectivity index (χ3n) is 2.29. The molecule has 0 aliphatic rings. The molecule has 0 radical (unpaired) electrons. The maximum Gasteiger partial charge on any atom is 0.230 e. The molecule has 7 heteroatoms. The average molecular weight is 271 g/mol. The number of aryl methyl sites for hydroxylation is 1. The molecule has 0 atom stereocenters. The zero-order valence-corrected chi connectivity index (χ0v) is 12.0. The van der Waals surface area contributed by atoms with Gasteiger partial charge in [-0.2, -0.15) is 0 Å². The Morgan fingerprint density at radius 2 is 2.22 bits per heavy atom. The van der Waals surface area contributed by atoms with Crippen LogP contribution in [0.25, 0.3) is 0 Å². The summed E-state index contributed by atoms with van der Waals surface area (Å²) in [5, 5.41) is 11.7. The average Bonchev–Trinajstić information content (AvgIpc) is 2.66. The van der Waals surface area contributed by atoms with E-state index in [2.05, 4.69) is 29.4 Å². The lowest BCUT2D eigenvalue weighted by molar-refractivity contribution is -0.118. The molecule has 18 heavy (non-hydrogen) atoms. The van der Waals surface area contributed by atoms with Crippen LogP contribution in [0.4, 0.5) is 0 Å². The lowest BCUT2D eigenvalue weighted by Gasteiger charge is -2.08. The number of thioether (sulfide) groups is 1. The van der Waals surface area contributed by atoms with Crippen molar-refractivity contribution in [2.24, 2.45) is 11.7 Å². The van der Waals surface area contributed by atoms with Crippen LogP contribution < -0.4 is 11.1 Å². The molecule has 0 aliphatic heterocycles. The van der Waals surface area contributed by atoms with E-state index in [-0.39, 0.29) is 5.91 Å². The van der Waals surface area contributed by atoms with Crippen molar-refractivity contribution in [2.75, 3.05) is 18.8 Å². The van der Waals surface area contributed by atoms with Gasteiger partial charge >= 0.3 is 0 Å². The zero-order chi connectivity index (χ0) is 13.5. The standard InChI is InChI=1S/C11H21N5OS/c1-8(2)6-13-10(17)7-18-11-15-14-9(3)16(11)5-4-12/h8H,4-7,12H2,1-3H3,(H,13,17). The second kappa shape index (κ2) is 7.38. The van der Waals surface area contributed by atoms with Crippen molar-refractivity contribution in [3.8, 4) is 0 Å². The summed E-state index contributed by atoms with van der Waals surface area (Å²) >= 11 is 1.39. The van der Waals surface area contributed by atoms with Gasteiger partial charge in [0.15, 0.2) is 5.16 Å². The second-order valence-corrected chi connectivity index (χ2v) is 5.40. The molecule has 102 valence electrons. The molecule has 1 rings (SSSR count). The van der Waals surface area contributed by atoms with Crippen molar-refractivity contribution in [1.29, 1.82) is 0 Å². The van der Waals surface area contributed by atoms with Crippen LogP contribution >= 0.6 is 11.8 Å². The van der Waals surface area contributed by atoms with Gasteiger partial charge in [0.05, 0.1) is 5.75 Å². The van der Waals surface area contributed by atoms with E-state index in [0.29, 0.717) is 31.3 Å². The van der Waals surface area contributed by atoms with Gasteiger partial charge in [0.25, 0.3) is 0 Å². The SMILES string of the molecule is Cc1nnc(SCC(=O)NCC(C)C)n1CCN. The summed E-state index contributed by atoms with van der Waals surface area (Å²) in [5.41, 5.74) is 5.53. The van der Waals surface area contributed by atoms with Crippen LogP contribution in [0.15, 0.2) is 5.16 Å². The molecule has 1 amide bonds. The molecule has 0 saturated heterocycles. The monoisotopic (exact) mass is 271 g/mol. The number of hydrogen-bond donors (Lipinski definition) is 2. The Balaban J connectivity index is 2.45. The normalized spacial score (nSPS) is 10.9. The molecule has 0 aromatic carbocycles. The first-order valence-corrected chi connectivity index (χ1v) is 7.02. The maximum absolute atomic E-state index is 11.6. The predicted molar refractivity (Wildman–Crippen MR) is 72.4 cm³/mol. The summed E-state index contributed by atoms with van der Waals surface area (Å²) in [5.74, 6) is 1.66. The van der Waals surface area contributed by atoms with Gasteiger partial charge in [0, 0.05) is 19.6 Å².